The molecular formula is C10H13N5. The lowest BCUT2D eigenvalue weighted by molar-refractivity contribution is 0.481. The van der Waals surface area contributed by atoms with Gasteiger partial charge < -0.3 is 10.2 Å². The Labute approximate surface area is 88.8 Å². The Morgan fingerprint density at radius 2 is 2.33 bits per heavy atom. The van der Waals surface area contributed by atoms with Crippen LogP contribution in [0, 0.1) is 11.3 Å². The largest absolute Gasteiger partial charge is 0.351 e. The molecule has 2 heterocycles. The highest BCUT2D eigenvalue weighted by Crippen LogP contribution is 2.15. The molecule has 0 radical (unpaired) electrons. The quantitative estimate of drug-likeness (QED) is 0.703. The number of hydrogen-bond acceptors (Lipinski definition) is 5. The van der Waals surface area contributed by atoms with Crippen LogP contribution in [-0.2, 0) is 0 Å². The molecule has 1 saturated heterocycles. The lowest BCUT2D eigenvalue weighted by atomic mass is 10.2. The molecule has 0 aromatic carbocycles. The van der Waals surface area contributed by atoms with Crippen molar-refractivity contribution in [2.45, 2.75) is 13.0 Å². The number of nitrogens with zero attached hydrogens (tertiary/aromatic N) is 4. The number of aromatic nitrogens is 2. The van der Waals surface area contributed by atoms with Gasteiger partial charge in [0.25, 0.3) is 0 Å². The Kier molecular flexibility index (Phi) is 2.79. The summed E-state index contributed by atoms with van der Waals surface area (Å²) in [6, 6.07) is 2.50. The molecule has 2 rings (SSSR count). The highest BCUT2D eigenvalue weighted by molar-refractivity contribution is 5.49. The van der Waals surface area contributed by atoms with E-state index in [1.165, 1.54) is 0 Å². The van der Waals surface area contributed by atoms with Crippen molar-refractivity contribution in [2.75, 3.05) is 24.5 Å². The lowest BCUT2D eigenvalue weighted by Gasteiger charge is -2.32. The summed E-state index contributed by atoms with van der Waals surface area (Å²) in [5.74, 6) is 0.702. The molecule has 78 valence electrons. The van der Waals surface area contributed by atoms with Crippen molar-refractivity contribution in [3.05, 3.63) is 18.1 Å². The normalized spacial score (nSPS) is 21.1. The second-order valence-corrected chi connectivity index (χ2v) is 3.64. The summed E-state index contributed by atoms with van der Waals surface area (Å²) in [5, 5.41) is 12.3. The summed E-state index contributed by atoms with van der Waals surface area (Å²) < 4.78 is 0. The van der Waals surface area contributed by atoms with E-state index in [9.17, 15) is 0 Å². The van der Waals surface area contributed by atoms with E-state index in [-0.39, 0.29) is 0 Å². The Hall–Kier alpha value is -1.67. The maximum absolute atomic E-state index is 8.92. The molecule has 0 spiro atoms. The van der Waals surface area contributed by atoms with Crippen LogP contribution in [-0.4, -0.2) is 35.6 Å². The molecular weight excluding hydrogens is 190 g/mol. The van der Waals surface area contributed by atoms with Gasteiger partial charge in [-0.25, -0.2) is 9.97 Å². The highest BCUT2D eigenvalue weighted by atomic mass is 15.2. The smallest absolute Gasteiger partial charge is 0.183 e. The molecule has 1 aliphatic heterocycles. The van der Waals surface area contributed by atoms with Gasteiger partial charge in [-0.15, -0.1) is 0 Å². The Morgan fingerprint density at radius 3 is 3.07 bits per heavy atom. The maximum atomic E-state index is 8.92. The summed E-state index contributed by atoms with van der Waals surface area (Å²) in [4.78, 5) is 10.3. The predicted molar refractivity (Wildman–Crippen MR) is 56.4 cm³/mol. The monoisotopic (exact) mass is 203 g/mol. The van der Waals surface area contributed by atoms with Crippen molar-refractivity contribution in [2.24, 2.45) is 0 Å². The zero-order valence-corrected chi connectivity index (χ0v) is 8.64. The van der Waals surface area contributed by atoms with Crippen LogP contribution in [0.4, 0.5) is 5.82 Å². The second kappa shape index (κ2) is 4.24. The van der Waals surface area contributed by atoms with Crippen LogP contribution in [0.25, 0.3) is 0 Å². The minimum absolute atomic E-state index is 0.409. The second-order valence-electron chi connectivity index (χ2n) is 3.64. The van der Waals surface area contributed by atoms with Crippen LogP contribution in [0.3, 0.4) is 0 Å². The van der Waals surface area contributed by atoms with Gasteiger partial charge in [-0.1, -0.05) is 0 Å². The first-order valence-corrected chi connectivity index (χ1v) is 5.00. The van der Waals surface area contributed by atoms with Crippen LogP contribution >= 0.6 is 0 Å². The number of nitrogens with one attached hydrogen (secondary N) is 1. The van der Waals surface area contributed by atoms with Gasteiger partial charge in [0.05, 0.1) is 0 Å². The van der Waals surface area contributed by atoms with Crippen molar-refractivity contribution in [1.82, 2.24) is 15.3 Å². The molecule has 1 atom stereocenters. The van der Waals surface area contributed by atoms with E-state index in [0.717, 1.165) is 19.6 Å². The molecule has 1 aromatic heterocycles. The predicted octanol–water partition coefficient (Wildman–Crippen LogP) is 0.146. The third-order valence-corrected chi connectivity index (χ3v) is 2.45. The highest BCUT2D eigenvalue weighted by Gasteiger charge is 2.19. The molecule has 1 aromatic rings. The van der Waals surface area contributed by atoms with Gasteiger partial charge in [-0.3, -0.25) is 0 Å². The molecule has 1 fully saturated rings. The van der Waals surface area contributed by atoms with E-state index >= 15 is 0 Å². The van der Waals surface area contributed by atoms with Gasteiger partial charge >= 0.3 is 0 Å². The molecule has 0 unspecified atom stereocenters. The van der Waals surface area contributed by atoms with Crippen LogP contribution in [0.2, 0.25) is 0 Å². The van der Waals surface area contributed by atoms with Crippen molar-refractivity contribution >= 4 is 5.82 Å². The van der Waals surface area contributed by atoms with Crippen LogP contribution in [0.1, 0.15) is 12.6 Å². The molecule has 0 amide bonds. The Bertz CT molecular complexity index is 384. The number of anilines is 1. The minimum Gasteiger partial charge on any atom is -0.351 e. The first kappa shape index (κ1) is 9.87. The number of rotatable bonds is 1. The number of piperazine rings is 1. The molecule has 1 N–H and O–H groups in total. The molecule has 5 nitrogen and oxygen atoms in total. The standard InChI is InChI=1S/C10H13N5/c1-8-7-15(5-4-12-8)10-9(6-11)13-2-3-14-10/h2-3,8,12H,4-5,7H2,1H3/t8-/m0/s1. The molecule has 1 aliphatic rings. The fraction of sp³-hybridized carbons (Fsp3) is 0.500. The molecule has 15 heavy (non-hydrogen) atoms. The average molecular weight is 203 g/mol. The fourth-order valence-corrected chi connectivity index (χ4v) is 1.77. The van der Waals surface area contributed by atoms with Crippen LogP contribution in [0.15, 0.2) is 12.4 Å². The number of hydrogen-bond donors (Lipinski definition) is 1. The molecule has 0 aliphatic carbocycles. The van der Waals surface area contributed by atoms with Gasteiger partial charge in [-0.2, -0.15) is 5.26 Å². The van der Waals surface area contributed by atoms with Gasteiger partial charge in [-0.05, 0) is 6.92 Å². The summed E-state index contributed by atoms with van der Waals surface area (Å²) >= 11 is 0. The Balaban J connectivity index is 2.25. The zero-order valence-electron chi connectivity index (χ0n) is 8.64. The van der Waals surface area contributed by atoms with E-state index in [4.69, 9.17) is 5.26 Å². The summed E-state index contributed by atoms with van der Waals surface area (Å²) in [7, 11) is 0. The minimum atomic E-state index is 0.409. The third-order valence-electron chi connectivity index (χ3n) is 2.45. The lowest BCUT2D eigenvalue weighted by Crippen LogP contribution is -2.49. The Morgan fingerprint density at radius 1 is 1.53 bits per heavy atom. The van der Waals surface area contributed by atoms with E-state index < -0.39 is 0 Å². The van der Waals surface area contributed by atoms with E-state index in [1.54, 1.807) is 12.4 Å². The number of nitriles is 1. The molecule has 0 bridgehead atoms. The fourth-order valence-electron chi connectivity index (χ4n) is 1.77. The van der Waals surface area contributed by atoms with E-state index in [1.807, 2.05) is 0 Å². The maximum Gasteiger partial charge on any atom is 0.183 e. The van der Waals surface area contributed by atoms with Crippen LogP contribution < -0.4 is 10.2 Å². The average Bonchev–Trinajstić information content (AvgIpc) is 2.29. The van der Waals surface area contributed by atoms with E-state index in [0.29, 0.717) is 17.6 Å². The van der Waals surface area contributed by atoms with Gasteiger partial charge in [0.2, 0.25) is 0 Å². The zero-order chi connectivity index (χ0) is 10.7. The van der Waals surface area contributed by atoms with Crippen LogP contribution in [0.5, 0.6) is 0 Å². The van der Waals surface area contributed by atoms with Crippen molar-refractivity contribution < 1.29 is 0 Å². The topological polar surface area (TPSA) is 64.8 Å². The van der Waals surface area contributed by atoms with Crippen molar-refractivity contribution in [3.63, 3.8) is 0 Å². The SMILES string of the molecule is C[C@H]1CN(c2nccnc2C#N)CCN1. The summed E-state index contributed by atoms with van der Waals surface area (Å²) in [6.07, 6.45) is 3.18. The van der Waals surface area contributed by atoms with Gasteiger partial charge in [0.15, 0.2) is 11.5 Å². The molecule has 5 heteroatoms. The van der Waals surface area contributed by atoms with Gasteiger partial charge in [0, 0.05) is 38.1 Å². The van der Waals surface area contributed by atoms with Gasteiger partial charge in [0.1, 0.15) is 6.07 Å². The first-order valence-electron chi connectivity index (χ1n) is 5.00. The van der Waals surface area contributed by atoms with E-state index in [2.05, 4.69) is 33.2 Å². The molecule has 0 saturated carbocycles. The first-order chi connectivity index (χ1) is 7.31. The third kappa shape index (κ3) is 2.05. The van der Waals surface area contributed by atoms with Crippen molar-refractivity contribution in [3.8, 4) is 6.07 Å². The summed E-state index contributed by atoms with van der Waals surface area (Å²) in [5.41, 5.74) is 0.409. The van der Waals surface area contributed by atoms with Crippen molar-refractivity contribution in [1.29, 1.82) is 5.26 Å². The summed E-state index contributed by atoms with van der Waals surface area (Å²) in [6.45, 7) is 4.78.